The number of hydrogen-bond donors (Lipinski definition) is 1. The summed E-state index contributed by atoms with van der Waals surface area (Å²) in [6.45, 7) is 1.60. The lowest BCUT2D eigenvalue weighted by molar-refractivity contribution is 0.188. The molecule has 0 saturated carbocycles. The zero-order chi connectivity index (χ0) is 12.8. The molecule has 0 spiro atoms. The third kappa shape index (κ3) is 4.03. The number of thioether (sulfide) groups is 1. The summed E-state index contributed by atoms with van der Waals surface area (Å²) in [6.07, 6.45) is 3.91. The van der Waals surface area contributed by atoms with E-state index in [-0.39, 0.29) is 0 Å². The number of amidine groups is 1. The van der Waals surface area contributed by atoms with Crippen LogP contribution < -0.4 is 5.32 Å². The molecule has 0 amide bonds. The van der Waals surface area contributed by atoms with Crippen molar-refractivity contribution in [2.75, 3.05) is 26.0 Å². The Kier molecular flexibility index (Phi) is 5.07. The van der Waals surface area contributed by atoms with Crippen LogP contribution in [0.3, 0.4) is 0 Å². The van der Waals surface area contributed by atoms with Gasteiger partial charge in [-0.1, -0.05) is 11.8 Å². The molecule has 1 aliphatic heterocycles. The molecule has 1 atom stereocenters. The number of nitrogens with one attached hydrogen (secondary N) is 1. The van der Waals surface area contributed by atoms with E-state index < -0.39 is 0 Å². The van der Waals surface area contributed by atoms with E-state index in [9.17, 15) is 0 Å². The minimum absolute atomic E-state index is 0.503. The van der Waals surface area contributed by atoms with Gasteiger partial charge in [0, 0.05) is 51.7 Å². The van der Waals surface area contributed by atoms with Gasteiger partial charge in [0.1, 0.15) is 0 Å². The average Bonchev–Trinajstić information content (AvgIpc) is 2.96. The molecule has 1 fully saturated rings. The number of rotatable bonds is 6. The van der Waals surface area contributed by atoms with E-state index in [2.05, 4.69) is 15.4 Å². The first-order chi connectivity index (χ1) is 8.78. The summed E-state index contributed by atoms with van der Waals surface area (Å²) in [7, 11) is 3.67. The van der Waals surface area contributed by atoms with Gasteiger partial charge < -0.3 is 10.1 Å². The number of aryl methyl sites for hydroxylation is 1. The number of methoxy groups -OCH3 is 1. The van der Waals surface area contributed by atoms with Crippen molar-refractivity contribution >= 4 is 16.9 Å². The average molecular weight is 268 g/mol. The molecule has 5 nitrogen and oxygen atoms in total. The molecule has 6 heteroatoms. The fourth-order valence-corrected chi connectivity index (χ4v) is 2.85. The zero-order valence-corrected chi connectivity index (χ0v) is 11.7. The van der Waals surface area contributed by atoms with Crippen molar-refractivity contribution in [2.24, 2.45) is 12.0 Å². The maximum atomic E-state index is 5.08. The Morgan fingerprint density at radius 3 is 3.28 bits per heavy atom. The van der Waals surface area contributed by atoms with Crippen LogP contribution in [0.1, 0.15) is 12.1 Å². The van der Waals surface area contributed by atoms with Gasteiger partial charge in [0.15, 0.2) is 5.17 Å². The summed E-state index contributed by atoms with van der Waals surface area (Å²) in [4.78, 5) is 4.56. The van der Waals surface area contributed by atoms with Gasteiger partial charge in [-0.15, -0.1) is 0 Å². The zero-order valence-electron chi connectivity index (χ0n) is 10.9. The fraction of sp³-hybridized carbons (Fsp3) is 0.667. The van der Waals surface area contributed by atoms with Crippen LogP contribution >= 0.6 is 11.8 Å². The third-order valence-corrected chi connectivity index (χ3v) is 3.90. The second-order valence-electron chi connectivity index (χ2n) is 4.35. The highest BCUT2D eigenvalue weighted by atomic mass is 32.2. The molecule has 1 N–H and O–H groups in total. The van der Waals surface area contributed by atoms with Crippen LogP contribution in [-0.2, 0) is 18.2 Å². The first-order valence-electron chi connectivity index (χ1n) is 6.19. The van der Waals surface area contributed by atoms with Crippen molar-refractivity contribution in [1.29, 1.82) is 0 Å². The molecule has 1 saturated heterocycles. The van der Waals surface area contributed by atoms with E-state index in [1.807, 2.05) is 24.0 Å². The SMILES string of the molecule is COCCC1CSC(=NCCc2ccn(C)n2)N1. The summed E-state index contributed by atoms with van der Waals surface area (Å²) in [5.74, 6) is 1.09. The van der Waals surface area contributed by atoms with Gasteiger partial charge in [0.05, 0.1) is 5.69 Å². The number of ether oxygens (including phenoxy) is 1. The summed E-state index contributed by atoms with van der Waals surface area (Å²) in [5.41, 5.74) is 1.10. The largest absolute Gasteiger partial charge is 0.385 e. The van der Waals surface area contributed by atoms with Crippen molar-refractivity contribution < 1.29 is 4.74 Å². The predicted octanol–water partition coefficient (Wildman–Crippen LogP) is 1.06. The molecular formula is C12H20N4OS. The molecule has 1 unspecified atom stereocenters. The van der Waals surface area contributed by atoms with E-state index in [0.717, 1.165) is 42.6 Å². The summed E-state index contributed by atoms with van der Waals surface area (Å²) < 4.78 is 6.91. The molecule has 0 aromatic carbocycles. The molecule has 18 heavy (non-hydrogen) atoms. The van der Waals surface area contributed by atoms with Crippen molar-refractivity contribution in [3.63, 3.8) is 0 Å². The van der Waals surface area contributed by atoms with Crippen LogP contribution in [0.25, 0.3) is 0 Å². The molecule has 1 aromatic heterocycles. The third-order valence-electron chi connectivity index (χ3n) is 2.81. The van der Waals surface area contributed by atoms with Crippen molar-refractivity contribution in [2.45, 2.75) is 18.9 Å². The smallest absolute Gasteiger partial charge is 0.156 e. The highest BCUT2D eigenvalue weighted by molar-refractivity contribution is 8.14. The molecule has 100 valence electrons. The van der Waals surface area contributed by atoms with E-state index >= 15 is 0 Å². The van der Waals surface area contributed by atoms with E-state index in [4.69, 9.17) is 4.74 Å². The molecule has 2 heterocycles. The Bertz CT molecular complexity index is 405. The van der Waals surface area contributed by atoms with Gasteiger partial charge in [-0.2, -0.15) is 5.10 Å². The number of nitrogens with zero attached hydrogens (tertiary/aromatic N) is 3. The number of aromatic nitrogens is 2. The maximum Gasteiger partial charge on any atom is 0.156 e. The van der Waals surface area contributed by atoms with E-state index in [1.54, 1.807) is 18.9 Å². The second-order valence-corrected chi connectivity index (χ2v) is 5.36. The van der Waals surface area contributed by atoms with E-state index in [0.29, 0.717) is 6.04 Å². The molecule has 0 bridgehead atoms. The monoisotopic (exact) mass is 268 g/mol. The van der Waals surface area contributed by atoms with Gasteiger partial charge in [0.25, 0.3) is 0 Å². The molecule has 0 aliphatic carbocycles. The Morgan fingerprint density at radius 2 is 2.56 bits per heavy atom. The van der Waals surface area contributed by atoms with E-state index in [1.165, 1.54) is 0 Å². The van der Waals surface area contributed by atoms with Crippen molar-refractivity contribution in [1.82, 2.24) is 15.1 Å². The Labute approximate surface area is 112 Å². The standard InChI is InChI=1S/C12H20N4OS/c1-16-7-4-10(15-16)3-6-13-12-14-11(9-18-12)5-8-17-2/h4,7,11H,3,5-6,8-9H2,1-2H3,(H,13,14). The maximum absolute atomic E-state index is 5.08. The minimum Gasteiger partial charge on any atom is -0.385 e. The predicted molar refractivity (Wildman–Crippen MR) is 75.1 cm³/mol. The van der Waals surface area contributed by atoms with Crippen LogP contribution in [0.15, 0.2) is 17.3 Å². The molecule has 0 radical (unpaired) electrons. The quantitative estimate of drug-likeness (QED) is 0.838. The van der Waals surface area contributed by atoms with Crippen LogP contribution in [0, 0.1) is 0 Å². The van der Waals surface area contributed by atoms with Crippen LogP contribution in [0.4, 0.5) is 0 Å². The van der Waals surface area contributed by atoms with Gasteiger partial charge in [-0.3, -0.25) is 9.67 Å². The van der Waals surface area contributed by atoms with Crippen LogP contribution in [-0.4, -0.2) is 47.0 Å². The first kappa shape index (κ1) is 13.4. The summed E-state index contributed by atoms with van der Waals surface area (Å²) in [6, 6.07) is 2.54. The second kappa shape index (κ2) is 6.80. The highest BCUT2D eigenvalue weighted by Crippen LogP contribution is 2.16. The molecule has 2 rings (SSSR count). The Morgan fingerprint density at radius 1 is 1.67 bits per heavy atom. The first-order valence-corrected chi connectivity index (χ1v) is 7.17. The Balaban J connectivity index is 1.71. The van der Waals surface area contributed by atoms with Crippen LogP contribution in [0.5, 0.6) is 0 Å². The van der Waals surface area contributed by atoms with Crippen molar-refractivity contribution in [3.8, 4) is 0 Å². The molecular weight excluding hydrogens is 248 g/mol. The van der Waals surface area contributed by atoms with Gasteiger partial charge >= 0.3 is 0 Å². The van der Waals surface area contributed by atoms with Gasteiger partial charge in [0.2, 0.25) is 0 Å². The number of aliphatic imine (C=N–C) groups is 1. The normalized spacial score (nSPS) is 21.4. The van der Waals surface area contributed by atoms with Gasteiger partial charge in [-0.05, 0) is 12.5 Å². The highest BCUT2D eigenvalue weighted by Gasteiger charge is 2.19. The summed E-state index contributed by atoms with van der Waals surface area (Å²) in [5, 5.41) is 8.82. The van der Waals surface area contributed by atoms with Crippen molar-refractivity contribution in [3.05, 3.63) is 18.0 Å². The lowest BCUT2D eigenvalue weighted by Gasteiger charge is -2.07. The Hall–Kier alpha value is -1.01. The lowest BCUT2D eigenvalue weighted by atomic mass is 10.2. The molecule has 1 aromatic rings. The van der Waals surface area contributed by atoms with Gasteiger partial charge in [-0.25, -0.2) is 0 Å². The molecule has 1 aliphatic rings. The number of hydrogen-bond acceptors (Lipinski definition) is 4. The minimum atomic E-state index is 0.503. The fourth-order valence-electron chi connectivity index (χ4n) is 1.81. The summed E-state index contributed by atoms with van der Waals surface area (Å²) >= 11 is 1.80. The van der Waals surface area contributed by atoms with Crippen LogP contribution in [0.2, 0.25) is 0 Å². The lowest BCUT2D eigenvalue weighted by Crippen LogP contribution is -2.28. The topological polar surface area (TPSA) is 51.4 Å².